The first kappa shape index (κ1) is 10.4. The molecule has 0 atom stereocenters. The minimum Gasteiger partial charge on any atom is -0.341 e. The summed E-state index contributed by atoms with van der Waals surface area (Å²) in [6.45, 7) is 4.42. The molecule has 2 heterocycles. The normalized spacial score (nSPS) is 15.0. The van der Waals surface area contributed by atoms with Gasteiger partial charge in [-0.15, -0.1) is 0 Å². The van der Waals surface area contributed by atoms with E-state index in [0.29, 0.717) is 6.42 Å². The molecule has 1 aromatic heterocycles. The molecule has 0 unspecified atom stereocenters. The van der Waals surface area contributed by atoms with Gasteiger partial charge in [-0.2, -0.15) is 0 Å². The molecule has 0 radical (unpaired) electrons. The Morgan fingerprint density at radius 3 is 2.94 bits per heavy atom. The van der Waals surface area contributed by atoms with Crippen LogP contribution in [0.1, 0.15) is 19.0 Å². The van der Waals surface area contributed by atoms with E-state index in [2.05, 4.69) is 34.9 Å². The molecule has 0 bridgehead atoms. The maximum Gasteiger partial charge on any atom is 0.222 e. The van der Waals surface area contributed by atoms with Crippen molar-refractivity contribution in [1.29, 1.82) is 0 Å². The summed E-state index contributed by atoms with van der Waals surface area (Å²) in [6, 6.07) is 10.6. The van der Waals surface area contributed by atoms with E-state index in [4.69, 9.17) is 0 Å². The third-order valence-electron chi connectivity index (χ3n) is 3.50. The molecule has 0 fully saturated rings. The number of rotatable bonds is 1. The Labute approximate surface area is 101 Å². The van der Waals surface area contributed by atoms with E-state index in [0.717, 1.165) is 19.6 Å². The first-order chi connectivity index (χ1) is 8.29. The summed E-state index contributed by atoms with van der Waals surface area (Å²) in [5, 5.41) is 1.27. The highest BCUT2D eigenvalue weighted by Crippen LogP contribution is 2.24. The summed E-state index contributed by atoms with van der Waals surface area (Å²) in [5.74, 6) is 0.251. The van der Waals surface area contributed by atoms with E-state index < -0.39 is 0 Å². The molecule has 1 amide bonds. The highest BCUT2D eigenvalue weighted by Gasteiger charge is 2.20. The van der Waals surface area contributed by atoms with Crippen LogP contribution in [0.5, 0.6) is 0 Å². The Morgan fingerprint density at radius 2 is 2.12 bits per heavy atom. The molecule has 17 heavy (non-hydrogen) atoms. The number of hydrogen-bond acceptors (Lipinski definition) is 1. The summed E-state index contributed by atoms with van der Waals surface area (Å²) in [6.07, 6.45) is 0.597. The maximum absolute atomic E-state index is 11.7. The Morgan fingerprint density at radius 1 is 1.29 bits per heavy atom. The Hall–Kier alpha value is -1.77. The number of aromatic nitrogens is 1. The second-order valence-electron chi connectivity index (χ2n) is 4.51. The van der Waals surface area contributed by atoms with Gasteiger partial charge in [0.1, 0.15) is 0 Å². The fourth-order valence-electron chi connectivity index (χ4n) is 2.59. The lowest BCUT2D eigenvalue weighted by Crippen LogP contribution is -2.37. The second kappa shape index (κ2) is 3.91. The molecule has 0 saturated heterocycles. The van der Waals surface area contributed by atoms with Crippen LogP contribution in [0.2, 0.25) is 0 Å². The van der Waals surface area contributed by atoms with Crippen molar-refractivity contribution in [2.75, 3.05) is 6.54 Å². The zero-order chi connectivity index (χ0) is 11.8. The van der Waals surface area contributed by atoms with E-state index >= 15 is 0 Å². The minimum atomic E-state index is 0.251. The molecular formula is C14H16N2O. The molecule has 3 rings (SSSR count). The molecule has 2 aromatic rings. The third kappa shape index (κ3) is 1.62. The number of para-hydroxylation sites is 1. The van der Waals surface area contributed by atoms with Crippen LogP contribution in [-0.2, 0) is 17.9 Å². The number of fused-ring (bicyclic) bond motifs is 3. The average Bonchev–Trinajstić information content (AvgIpc) is 2.75. The van der Waals surface area contributed by atoms with Gasteiger partial charge in [0.2, 0.25) is 5.91 Å². The lowest BCUT2D eigenvalue weighted by Gasteiger charge is -2.28. The third-order valence-corrected chi connectivity index (χ3v) is 3.50. The van der Waals surface area contributed by atoms with Crippen molar-refractivity contribution in [2.24, 2.45) is 0 Å². The maximum atomic E-state index is 11.7. The Kier molecular flexibility index (Phi) is 2.39. The average molecular weight is 228 g/mol. The van der Waals surface area contributed by atoms with Gasteiger partial charge in [-0.25, -0.2) is 0 Å². The molecule has 3 heteroatoms. The van der Waals surface area contributed by atoms with Crippen molar-refractivity contribution in [1.82, 2.24) is 9.47 Å². The van der Waals surface area contributed by atoms with Crippen LogP contribution >= 0.6 is 0 Å². The molecule has 0 aliphatic carbocycles. The van der Waals surface area contributed by atoms with Crippen molar-refractivity contribution in [3.8, 4) is 0 Å². The predicted octanol–water partition coefficient (Wildman–Crippen LogP) is 2.39. The number of carbonyl (C=O) groups is 1. The Bertz CT molecular complexity index is 571. The minimum absolute atomic E-state index is 0.251. The van der Waals surface area contributed by atoms with E-state index in [9.17, 15) is 4.79 Å². The number of nitrogens with zero attached hydrogens (tertiary/aromatic N) is 2. The van der Waals surface area contributed by atoms with Crippen LogP contribution in [-0.4, -0.2) is 21.9 Å². The van der Waals surface area contributed by atoms with Gasteiger partial charge in [0.25, 0.3) is 0 Å². The summed E-state index contributed by atoms with van der Waals surface area (Å²) in [4.78, 5) is 13.7. The molecule has 1 aliphatic rings. The topological polar surface area (TPSA) is 25.2 Å². The van der Waals surface area contributed by atoms with E-state index in [1.54, 1.807) is 0 Å². The zero-order valence-corrected chi connectivity index (χ0v) is 10.0. The lowest BCUT2D eigenvalue weighted by atomic mass is 10.2. The zero-order valence-electron chi connectivity index (χ0n) is 10.0. The SMILES string of the molecule is CCC(=O)N1CCn2c(cc3ccccc32)C1. The molecule has 0 saturated carbocycles. The van der Waals surface area contributed by atoms with Gasteiger partial charge in [0.05, 0.1) is 6.54 Å². The van der Waals surface area contributed by atoms with Gasteiger partial charge in [-0.05, 0) is 17.5 Å². The van der Waals surface area contributed by atoms with Gasteiger partial charge >= 0.3 is 0 Å². The highest BCUT2D eigenvalue weighted by molar-refractivity contribution is 5.82. The van der Waals surface area contributed by atoms with Crippen molar-refractivity contribution >= 4 is 16.8 Å². The molecule has 88 valence electrons. The van der Waals surface area contributed by atoms with Crippen LogP contribution in [0.3, 0.4) is 0 Å². The fourth-order valence-corrected chi connectivity index (χ4v) is 2.59. The van der Waals surface area contributed by atoms with Crippen molar-refractivity contribution in [3.05, 3.63) is 36.0 Å². The van der Waals surface area contributed by atoms with E-state index in [1.165, 1.54) is 16.6 Å². The number of hydrogen-bond donors (Lipinski definition) is 0. The fraction of sp³-hybridized carbons (Fsp3) is 0.357. The molecule has 0 spiro atoms. The van der Waals surface area contributed by atoms with Gasteiger partial charge in [0.15, 0.2) is 0 Å². The number of amides is 1. The first-order valence-electron chi connectivity index (χ1n) is 6.14. The van der Waals surface area contributed by atoms with Crippen LogP contribution in [0.25, 0.3) is 10.9 Å². The van der Waals surface area contributed by atoms with Gasteiger partial charge in [-0.1, -0.05) is 25.1 Å². The molecule has 1 aliphatic heterocycles. The van der Waals surface area contributed by atoms with Crippen molar-refractivity contribution in [3.63, 3.8) is 0 Å². The molecule has 3 nitrogen and oxygen atoms in total. The van der Waals surface area contributed by atoms with Gasteiger partial charge in [-0.3, -0.25) is 4.79 Å². The van der Waals surface area contributed by atoms with Crippen LogP contribution in [0.4, 0.5) is 0 Å². The standard InChI is InChI=1S/C14H16N2O/c1-2-14(17)15-7-8-16-12(10-15)9-11-5-3-4-6-13(11)16/h3-6,9H,2,7-8,10H2,1H3. The van der Waals surface area contributed by atoms with Crippen LogP contribution < -0.4 is 0 Å². The summed E-state index contributed by atoms with van der Waals surface area (Å²) in [7, 11) is 0. The number of benzene rings is 1. The molecule has 0 N–H and O–H groups in total. The van der Waals surface area contributed by atoms with Crippen LogP contribution in [0.15, 0.2) is 30.3 Å². The van der Waals surface area contributed by atoms with Gasteiger partial charge < -0.3 is 9.47 Å². The lowest BCUT2D eigenvalue weighted by molar-refractivity contribution is -0.132. The number of carbonyl (C=O) groups excluding carboxylic acids is 1. The molecular weight excluding hydrogens is 212 g/mol. The largest absolute Gasteiger partial charge is 0.341 e. The Balaban J connectivity index is 2.00. The predicted molar refractivity (Wildman–Crippen MR) is 67.6 cm³/mol. The van der Waals surface area contributed by atoms with Crippen molar-refractivity contribution < 1.29 is 4.79 Å². The summed E-state index contributed by atoms with van der Waals surface area (Å²) >= 11 is 0. The molecule has 1 aromatic carbocycles. The monoisotopic (exact) mass is 228 g/mol. The smallest absolute Gasteiger partial charge is 0.222 e. The summed E-state index contributed by atoms with van der Waals surface area (Å²) in [5.41, 5.74) is 2.53. The highest BCUT2D eigenvalue weighted by atomic mass is 16.2. The van der Waals surface area contributed by atoms with Crippen LogP contribution in [0, 0.1) is 0 Å². The van der Waals surface area contributed by atoms with E-state index in [-0.39, 0.29) is 5.91 Å². The summed E-state index contributed by atoms with van der Waals surface area (Å²) < 4.78 is 2.33. The quantitative estimate of drug-likeness (QED) is 0.735. The van der Waals surface area contributed by atoms with E-state index in [1.807, 2.05) is 11.8 Å². The van der Waals surface area contributed by atoms with Crippen molar-refractivity contribution in [2.45, 2.75) is 26.4 Å². The van der Waals surface area contributed by atoms with Gasteiger partial charge in [0, 0.05) is 30.7 Å². The first-order valence-corrected chi connectivity index (χ1v) is 6.14. The second-order valence-corrected chi connectivity index (χ2v) is 4.51.